The van der Waals surface area contributed by atoms with Crippen molar-refractivity contribution in [2.75, 3.05) is 24.9 Å². The van der Waals surface area contributed by atoms with Crippen LogP contribution in [-0.4, -0.2) is 53.4 Å². The van der Waals surface area contributed by atoms with Gasteiger partial charge in [0.2, 0.25) is 5.91 Å². The maximum atomic E-state index is 13.5. The predicted molar refractivity (Wildman–Crippen MR) is 176 cm³/mol. The minimum atomic E-state index is -1.32. The second-order valence-corrected chi connectivity index (χ2v) is 11.1. The number of carbonyl (C=O) groups is 4. The smallest absolute Gasteiger partial charge is 0.339 e. The van der Waals surface area contributed by atoms with Crippen LogP contribution in [0, 0.1) is 0 Å². The lowest BCUT2D eigenvalue weighted by molar-refractivity contribution is -0.115. The first-order valence-electron chi connectivity index (χ1n) is 13.8. The Morgan fingerprint density at radius 3 is 2.17 bits per heavy atom. The van der Waals surface area contributed by atoms with Crippen molar-refractivity contribution in [2.24, 2.45) is 0 Å². The number of ether oxygens (including phenoxy) is 2. The second-order valence-electron chi connectivity index (χ2n) is 9.73. The first-order chi connectivity index (χ1) is 22.1. The van der Waals surface area contributed by atoms with Crippen LogP contribution in [0.25, 0.3) is 6.08 Å². The molecule has 0 heterocycles. The summed E-state index contributed by atoms with van der Waals surface area (Å²) in [6.07, 6.45) is 1.50. The van der Waals surface area contributed by atoms with E-state index in [-0.39, 0.29) is 22.9 Å². The number of aromatic hydroxyl groups is 1. The van der Waals surface area contributed by atoms with Crippen LogP contribution in [0.5, 0.6) is 17.2 Å². The quantitative estimate of drug-likeness (QED) is 0.0749. The number of methoxy groups -OCH3 is 2. The Hall–Kier alpha value is -5.75. The fraction of sp³-hybridized carbons (Fsp3) is 0.118. The molecule has 11 nitrogen and oxygen atoms in total. The summed E-state index contributed by atoms with van der Waals surface area (Å²) in [7, 11) is 2.97. The van der Waals surface area contributed by atoms with E-state index in [1.807, 2.05) is 0 Å². The zero-order valence-electron chi connectivity index (χ0n) is 25.1. The molecule has 0 saturated heterocycles. The predicted octanol–water partition coefficient (Wildman–Crippen LogP) is 5.64. The summed E-state index contributed by atoms with van der Waals surface area (Å²) in [5.41, 5.74) is 1.19. The van der Waals surface area contributed by atoms with Gasteiger partial charge in [0.1, 0.15) is 17.0 Å². The van der Waals surface area contributed by atoms with Crippen molar-refractivity contribution in [3.8, 4) is 17.2 Å². The average molecular weight is 642 g/mol. The standard InChI is InChI=1S/C34H31N3O8S/c1-20(31(39)36-24-14-17-28(38)26(19-24)34(42)43)46-25-15-12-23(13-16-25)35-33(41)27(37-32(40)21-8-5-4-6-9-21)18-22-10-7-11-29(44-2)30(22)45-3/h4-20,38H,1-3H3,(H,35,41)(H,36,39)(H,37,40)(H,42,43)/b27-18-. The lowest BCUT2D eigenvalue weighted by Crippen LogP contribution is -2.30. The van der Waals surface area contributed by atoms with Crippen LogP contribution >= 0.6 is 11.8 Å². The van der Waals surface area contributed by atoms with Crippen molar-refractivity contribution in [2.45, 2.75) is 17.1 Å². The highest BCUT2D eigenvalue weighted by Crippen LogP contribution is 2.32. The van der Waals surface area contributed by atoms with Gasteiger partial charge in [-0.25, -0.2) is 4.79 Å². The molecular weight excluding hydrogens is 610 g/mol. The van der Waals surface area contributed by atoms with Crippen molar-refractivity contribution in [3.63, 3.8) is 0 Å². The topological polar surface area (TPSA) is 163 Å². The molecule has 0 bridgehead atoms. The van der Waals surface area contributed by atoms with Crippen LogP contribution in [0.4, 0.5) is 11.4 Å². The molecule has 0 aliphatic rings. The molecule has 0 aliphatic heterocycles. The molecule has 0 fully saturated rings. The molecule has 3 amide bonds. The minimum Gasteiger partial charge on any atom is -0.507 e. The molecule has 0 aliphatic carbocycles. The summed E-state index contributed by atoms with van der Waals surface area (Å²) in [5, 5.41) is 26.4. The SMILES string of the molecule is COc1cccc(/C=C(\NC(=O)c2ccccc2)C(=O)Nc2ccc(SC(C)C(=O)Nc3ccc(O)c(C(=O)O)c3)cc2)c1OC. The largest absolute Gasteiger partial charge is 0.507 e. The van der Waals surface area contributed by atoms with Crippen LogP contribution in [-0.2, 0) is 9.59 Å². The molecule has 46 heavy (non-hydrogen) atoms. The average Bonchev–Trinajstić information content (AvgIpc) is 3.06. The lowest BCUT2D eigenvalue weighted by Gasteiger charge is -2.15. The fourth-order valence-corrected chi connectivity index (χ4v) is 5.09. The normalized spacial score (nSPS) is 11.6. The highest BCUT2D eigenvalue weighted by molar-refractivity contribution is 8.00. The van der Waals surface area contributed by atoms with Gasteiger partial charge in [-0.05, 0) is 73.7 Å². The third-order valence-electron chi connectivity index (χ3n) is 6.55. The van der Waals surface area contributed by atoms with Gasteiger partial charge in [0.25, 0.3) is 11.8 Å². The fourth-order valence-electron chi connectivity index (χ4n) is 4.23. The van der Waals surface area contributed by atoms with E-state index in [0.29, 0.717) is 28.3 Å². The Morgan fingerprint density at radius 2 is 1.52 bits per heavy atom. The van der Waals surface area contributed by atoms with Crippen molar-refractivity contribution >= 4 is 52.9 Å². The Kier molecular flexibility index (Phi) is 11.0. The van der Waals surface area contributed by atoms with Crippen LogP contribution in [0.15, 0.2) is 102 Å². The van der Waals surface area contributed by atoms with Crippen molar-refractivity contribution < 1.29 is 38.9 Å². The number of anilines is 2. The van der Waals surface area contributed by atoms with Gasteiger partial charge in [-0.1, -0.05) is 30.3 Å². The van der Waals surface area contributed by atoms with E-state index < -0.39 is 28.8 Å². The molecular formula is C34H31N3O8S. The Morgan fingerprint density at radius 1 is 0.826 bits per heavy atom. The van der Waals surface area contributed by atoms with Gasteiger partial charge < -0.3 is 35.6 Å². The highest BCUT2D eigenvalue weighted by atomic mass is 32.2. The number of rotatable bonds is 12. The Balaban J connectivity index is 1.48. The van der Waals surface area contributed by atoms with Crippen molar-refractivity contribution in [1.82, 2.24) is 5.32 Å². The molecule has 236 valence electrons. The number of nitrogens with one attached hydrogen (secondary N) is 3. The number of aromatic carboxylic acids is 1. The Labute approximate surface area is 269 Å². The van der Waals surface area contributed by atoms with Crippen LogP contribution < -0.4 is 25.4 Å². The van der Waals surface area contributed by atoms with Crippen molar-refractivity contribution in [1.29, 1.82) is 0 Å². The number of hydrogen-bond acceptors (Lipinski definition) is 8. The summed E-state index contributed by atoms with van der Waals surface area (Å²) < 4.78 is 10.9. The summed E-state index contributed by atoms with van der Waals surface area (Å²) >= 11 is 1.25. The third-order valence-corrected chi connectivity index (χ3v) is 7.66. The number of benzene rings is 4. The maximum Gasteiger partial charge on any atom is 0.339 e. The lowest BCUT2D eigenvalue weighted by atomic mass is 10.1. The number of carboxylic acid groups (broad SMARTS) is 1. The zero-order chi connectivity index (χ0) is 33.2. The number of amides is 3. The van der Waals surface area contributed by atoms with Gasteiger partial charge in [-0.3, -0.25) is 14.4 Å². The van der Waals surface area contributed by atoms with Gasteiger partial charge in [-0.2, -0.15) is 0 Å². The molecule has 12 heteroatoms. The number of hydrogen-bond donors (Lipinski definition) is 5. The van der Waals surface area contributed by atoms with Gasteiger partial charge in [-0.15, -0.1) is 11.8 Å². The van der Waals surface area contributed by atoms with Gasteiger partial charge in [0, 0.05) is 27.4 Å². The number of para-hydroxylation sites is 1. The number of phenols is 1. The van der Waals surface area contributed by atoms with Crippen molar-refractivity contribution in [3.05, 3.63) is 113 Å². The second kappa shape index (κ2) is 15.3. The number of carboxylic acids is 1. The van der Waals surface area contributed by atoms with E-state index in [0.717, 1.165) is 4.90 Å². The number of carbonyl (C=O) groups excluding carboxylic acids is 3. The van der Waals surface area contributed by atoms with E-state index in [2.05, 4.69) is 16.0 Å². The molecule has 4 aromatic rings. The molecule has 0 spiro atoms. The van der Waals surface area contributed by atoms with E-state index in [4.69, 9.17) is 9.47 Å². The van der Waals surface area contributed by atoms with Gasteiger partial charge in [0.15, 0.2) is 11.5 Å². The van der Waals surface area contributed by atoms with E-state index in [1.54, 1.807) is 79.7 Å². The van der Waals surface area contributed by atoms with Gasteiger partial charge >= 0.3 is 5.97 Å². The van der Waals surface area contributed by atoms with Crippen LogP contribution in [0.3, 0.4) is 0 Å². The molecule has 4 aromatic carbocycles. The third kappa shape index (κ3) is 8.45. The van der Waals surface area contributed by atoms with E-state index in [9.17, 15) is 29.4 Å². The minimum absolute atomic E-state index is 0.0376. The molecule has 0 radical (unpaired) electrons. The summed E-state index contributed by atoms with van der Waals surface area (Å²) in [6.45, 7) is 1.69. The molecule has 0 saturated carbocycles. The summed E-state index contributed by atoms with van der Waals surface area (Å²) in [6, 6.07) is 24.2. The first-order valence-corrected chi connectivity index (χ1v) is 14.7. The molecule has 1 unspecified atom stereocenters. The molecule has 1 atom stereocenters. The molecule has 5 N–H and O–H groups in total. The van der Waals surface area contributed by atoms with E-state index in [1.165, 1.54) is 50.3 Å². The first kappa shape index (κ1) is 33.1. The highest BCUT2D eigenvalue weighted by Gasteiger charge is 2.19. The summed E-state index contributed by atoms with van der Waals surface area (Å²) in [4.78, 5) is 51.2. The molecule has 0 aromatic heterocycles. The molecule has 4 rings (SSSR count). The maximum absolute atomic E-state index is 13.5. The summed E-state index contributed by atoms with van der Waals surface area (Å²) in [5.74, 6) is -2.32. The van der Waals surface area contributed by atoms with Crippen LogP contribution in [0.2, 0.25) is 0 Å². The zero-order valence-corrected chi connectivity index (χ0v) is 25.9. The van der Waals surface area contributed by atoms with E-state index >= 15 is 0 Å². The Bertz CT molecular complexity index is 1780. The van der Waals surface area contributed by atoms with Crippen LogP contribution in [0.1, 0.15) is 33.2 Å². The van der Waals surface area contributed by atoms with Gasteiger partial charge in [0.05, 0.1) is 19.5 Å². The monoisotopic (exact) mass is 641 g/mol. The number of thioether (sulfide) groups is 1.